The van der Waals surface area contributed by atoms with Gasteiger partial charge in [0.25, 0.3) is 0 Å². The zero-order valence-corrected chi connectivity index (χ0v) is 15.7. The quantitative estimate of drug-likeness (QED) is 0.773. The van der Waals surface area contributed by atoms with Crippen molar-refractivity contribution in [3.05, 3.63) is 0 Å². The van der Waals surface area contributed by atoms with Crippen molar-refractivity contribution in [2.45, 2.75) is 104 Å². The number of rotatable bonds is 4. The third-order valence-electron chi connectivity index (χ3n) is 7.50. The van der Waals surface area contributed by atoms with E-state index in [9.17, 15) is 10.2 Å². The highest BCUT2D eigenvalue weighted by Gasteiger charge is 2.57. The largest absolute Gasteiger partial charge is 0.390 e. The topological polar surface area (TPSA) is 40.5 Å². The highest BCUT2D eigenvalue weighted by Crippen LogP contribution is 2.63. The fraction of sp³-hybridized carbons (Fsp3) is 1.00. The third kappa shape index (κ3) is 3.24. The second-order valence-corrected chi connectivity index (χ2v) is 9.74. The standard InChI is InChI=1S/C20H38O2/c1-7-18(4,21)13-9-16-19(5)12-8-11-17(2,3)15(19)10-14-20(16,6)22/h15-16,21-22H,7-14H2,1-6H3/t15?,16-,18+,19+,20-/m0/s1. The molecular weight excluding hydrogens is 272 g/mol. The molecule has 2 aliphatic carbocycles. The molecule has 2 fully saturated rings. The number of fused-ring (bicyclic) bond motifs is 1. The summed E-state index contributed by atoms with van der Waals surface area (Å²) >= 11 is 0. The summed E-state index contributed by atoms with van der Waals surface area (Å²) in [4.78, 5) is 0. The molecule has 2 nitrogen and oxygen atoms in total. The molecule has 0 aliphatic heterocycles. The van der Waals surface area contributed by atoms with Crippen LogP contribution in [0.4, 0.5) is 0 Å². The molecule has 1 unspecified atom stereocenters. The Morgan fingerprint density at radius 2 is 1.73 bits per heavy atom. The van der Waals surface area contributed by atoms with Crippen LogP contribution in [0, 0.1) is 22.7 Å². The van der Waals surface area contributed by atoms with E-state index >= 15 is 0 Å². The lowest BCUT2D eigenvalue weighted by atomic mass is 9.45. The van der Waals surface area contributed by atoms with Crippen LogP contribution in [0.3, 0.4) is 0 Å². The SMILES string of the molecule is CC[C@@](C)(O)CC[C@@H]1[C@@](C)(O)CCC2C(C)(C)CCC[C@]21C. The highest BCUT2D eigenvalue weighted by atomic mass is 16.3. The molecule has 2 heteroatoms. The average molecular weight is 311 g/mol. The predicted octanol–water partition coefficient (Wildman–Crippen LogP) is 4.92. The minimum atomic E-state index is -0.594. The fourth-order valence-electron chi connectivity index (χ4n) is 5.90. The van der Waals surface area contributed by atoms with Crippen molar-refractivity contribution in [1.29, 1.82) is 0 Å². The van der Waals surface area contributed by atoms with Gasteiger partial charge in [-0.05, 0) is 81.5 Å². The van der Waals surface area contributed by atoms with E-state index < -0.39 is 11.2 Å². The molecule has 0 spiro atoms. The summed E-state index contributed by atoms with van der Waals surface area (Å²) in [7, 11) is 0. The number of hydrogen-bond acceptors (Lipinski definition) is 2. The summed E-state index contributed by atoms with van der Waals surface area (Å²) in [6.45, 7) is 13.3. The first kappa shape index (κ1) is 18.3. The molecule has 0 amide bonds. The number of hydrogen-bond donors (Lipinski definition) is 2. The van der Waals surface area contributed by atoms with Gasteiger partial charge in [-0.3, -0.25) is 0 Å². The number of aliphatic hydroxyl groups is 2. The van der Waals surface area contributed by atoms with Gasteiger partial charge in [-0.1, -0.05) is 34.1 Å². The molecule has 0 aromatic rings. The van der Waals surface area contributed by atoms with E-state index in [1.807, 2.05) is 20.8 Å². The predicted molar refractivity (Wildman–Crippen MR) is 92.7 cm³/mol. The third-order valence-corrected chi connectivity index (χ3v) is 7.50. The molecule has 0 bridgehead atoms. The van der Waals surface area contributed by atoms with Crippen LogP contribution in [0.2, 0.25) is 0 Å². The van der Waals surface area contributed by atoms with Crippen molar-refractivity contribution in [2.75, 3.05) is 0 Å². The maximum absolute atomic E-state index is 11.1. The molecular formula is C20H38O2. The molecule has 2 saturated carbocycles. The molecule has 2 rings (SSSR count). The zero-order valence-electron chi connectivity index (χ0n) is 15.7. The van der Waals surface area contributed by atoms with Crippen molar-refractivity contribution in [3.63, 3.8) is 0 Å². The van der Waals surface area contributed by atoms with Crippen LogP contribution in [0.25, 0.3) is 0 Å². The minimum absolute atomic E-state index is 0.216. The van der Waals surface area contributed by atoms with Gasteiger partial charge in [0.05, 0.1) is 11.2 Å². The Bertz CT molecular complexity index is 397. The molecule has 5 atom stereocenters. The van der Waals surface area contributed by atoms with Gasteiger partial charge in [0, 0.05) is 0 Å². The van der Waals surface area contributed by atoms with Gasteiger partial charge in [0.2, 0.25) is 0 Å². The smallest absolute Gasteiger partial charge is 0.0653 e. The monoisotopic (exact) mass is 310 g/mol. The molecule has 0 radical (unpaired) electrons. The molecule has 0 aromatic carbocycles. The van der Waals surface area contributed by atoms with E-state index in [4.69, 9.17) is 0 Å². The summed E-state index contributed by atoms with van der Waals surface area (Å²) in [5.74, 6) is 1.00. The van der Waals surface area contributed by atoms with E-state index in [0.717, 1.165) is 32.1 Å². The first-order valence-electron chi connectivity index (χ1n) is 9.39. The Labute approximate surface area is 137 Å². The Morgan fingerprint density at radius 1 is 1.09 bits per heavy atom. The van der Waals surface area contributed by atoms with Crippen molar-refractivity contribution in [2.24, 2.45) is 22.7 Å². The van der Waals surface area contributed by atoms with E-state index in [1.165, 1.54) is 19.3 Å². The maximum atomic E-state index is 11.1. The molecule has 0 aromatic heterocycles. The van der Waals surface area contributed by atoms with Crippen LogP contribution in [0.15, 0.2) is 0 Å². The fourth-order valence-corrected chi connectivity index (χ4v) is 5.90. The van der Waals surface area contributed by atoms with Crippen molar-refractivity contribution >= 4 is 0 Å². The van der Waals surface area contributed by atoms with Crippen molar-refractivity contribution in [1.82, 2.24) is 0 Å². The van der Waals surface area contributed by atoms with Crippen LogP contribution in [-0.2, 0) is 0 Å². The lowest BCUT2D eigenvalue weighted by Gasteiger charge is -2.61. The van der Waals surface area contributed by atoms with Gasteiger partial charge >= 0.3 is 0 Å². The molecule has 0 heterocycles. The average Bonchev–Trinajstić information content (AvgIpc) is 2.35. The van der Waals surface area contributed by atoms with E-state index in [2.05, 4.69) is 20.8 Å². The van der Waals surface area contributed by atoms with Crippen LogP contribution in [-0.4, -0.2) is 21.4 Å². The Balaban J connectivity index is 2.26. The summed E-state index contributed by atoms with van der Waals surface area (Å²) in [5.41, 5.74) is -0.575. The normalized spacial score (nSPS) is 44.2. The van der Waals surface area contributed by atoms with Crippen LogP contribution >= 0.6 is 0 Å². The van der Waals surface area contributed by atoms with Crippen molar-refractivity contribution < 1.29 is 10.2 Å². The zero-order chi connectivity index (χ0) is 16.8. The summed E-state index contributed by atoms with van der Waals surface area (Å²) in [5, 5.41) is 21.5. The van der Waals surface area contributed by atoms with Gasteiger partial charge in [-0.15, -0.1) is 0 Å². The first-order chi connectivity index (χ1) is 9.95. The van der Waals surface area contributed by atoms with Gasteiger partial charge in [-0.25, -0.2) is 0 Å². The Hall–Kier alpha value is -0.0800. The molecule has 0 saturated heterocycles. The second kappa shape index (κ2) is 5.77. The van der Waals surface area contributed by atoms with Gasteiger partial charge in [0.1, 0.15) is 0 Å². The lowest BCUT2D eigenvalue weighted by molar-refractivity contribution is -0.172. The van der Waals surface area contributed by atoms with Crippen molar-refractivity contribution in [3.8, 4) is 0 Å². The summed E-state index contributed by atoms with van der Waals surface area (Å²) < 4.78 is 0. The second-order valence-electron chi connectivity index (χ2n) is 9.74. The minimum Gasteiger partial charge on any atom is -0.390 e. The maximum Gasteiger partial charge on any atom is 0.0653 e. The van der Waals surface area contributed by atoms with E-state index in [1.54, 1.807) is 0 Å². The Kier molecular flexibility index (Phi) is 4.79. The first-order valence-corrected chi connectivity index (χ1v) is 9.39. The highest BCUT2D eigenvalue weighted by molar-refractivity contribution is 5.07. The van der Waals surface area contributed by atoms with Gasteiger partial charge in [0.15, 0.2) is 0 Å². The van der Waals surface area contributed by atoms with Crippen LogP contribution in [0.5, 0.6) is 0 Å². The van der Waals surface area contributed by atoms with E-state index in [0.29, 0.717) is 17.3 Å². The van der Waals surface area contributed by atoms with E-state index in [-0.39, 0.29) is 5.41 Å². The van der Waals surface area contributed by atoms with Gasteiger partial charge in [-0.2, -0.15) is 0 Å². The van der Waals surface area contributed by atoms with Crippen LogP contribution in [0.1, 0.15) is 92.9 Å². The molecule has 130 valence electrons. The van der Waals surface area contributed by atoms with Gasteiger partial charge < -0.3 is 10.2 Å². The van der Waals surface area contributed by atoms with Crippen LogP contribution < -0.4 is 0 Å². The Morgan fingerprint density at radius 3 is 2.32 bits per heavy atom. The summed E-state index contributed by atoms with van der Waals surface area (Å²) in [6, 6.07) is 0. The molecule has 22 heavy (non-hydrogen) atoms. The summed E-state index contributed by atoms with van der Waals surface area (Å²) in [6.07, 6.45) is 8.41. The molecule has 2 N–H and O–H groups in total. The lowest BCUT2D eigenvalue weighted by Crippen LogP contribution is -2.57. The molecule has 2 aliphatic rings.